The maximum atomic E-state index is 11.1. The SMILES string of the molecule is Nc1cccc(C(=O)O)c1NC1CCCOC1. The van der Waals surface area contributed by atoms with Crippen molar-refractivity contribution in [1.29, 1.82) is 0 Å². The number of anilines is 2. The summed E-state index contributed by atoms with van der Waals surface area (Å²) in [6.07, 6.45) is 1.94. The van der Waals surface area contributed by atoms with Gasteiger partial charge in [0.25, 0.3) is 0 Å². The van der Waals surface area contributed by atoms with Crippen LogP contribution in [-0.2, 0) is 4.74 Å². The van der Waals surface area contributed by atoms with E-state index in [1.54, 1.807) is 18.2 Å². The van der Waals surface area contributed by atoms with Crippen molar-refractivity contribution in [3.8, 4) is 0 Å². The summed E-state index contributed by atoms with van der Waals surface area (Å²) in [6.45, 7) is 1.36. The molecule has 0 bridgehead atoms. The number of carboxylic acids is 1. The lowest BCUT2D eigenvalue weighted by Crippen LogP contribution is -2.31. The number of benzene rings is 1. The van der Waals surface area contributed by atoms with Crippen LogP contribution in [0.2, 0.25) is 0 Å². The van der Waals surface area contributed by atoms with Crippen molar-refractivity contribution in [2.24, 2.45) is 0 Å². The number of ether oxygens (including phenoxy) is 1. The van der Waals surface area contributed by atoms with Crippen LogP contribution >= 0.6 is 0 Å². The van der Waals surface area contributed by atoms with Crippen molar-refractivity contribution >= 4 is 17.3 Å². The molecule has 5 nitrogen and oxygen atoms in total. The quantitative estimate of drug-likeness (QED) is 0.693. The standard InChI is InChI=1S/C12H16N2O3/c13-10-5-1-4-9(12(15)16)11(10)14-8-3-2-6-17-7-8/h1,4-5,8,14H,2-3,6-7,13H2,(H,15,16). The van der Waals surface area contributed by atoms with Crippen LogP contribution in [0.5, 0.6) is 0 Å². The van der Waals surface area contributed by atoms with Gasteiger partial charge in [0, 0.05) is 12.6 Å². The average molecular weight is 236 g/mol. The van der Waals surface area contributed by atoms with Gasteiger partial charge >= 0.3 is 5.97 Å². The zero-order valence-electron chi connectivity index (χ0n) is 9.48. The number of nitrogens with two attached hydrogens (primary N) is 1. The van der Waals surface area contributed by atoms with E-state index in [1.165, 1.54) is 0 Å². The Balaban J connectivity index is 2.21. The van der Waals surface area contributed by atoms with Crippen LogP contribution in [0.25, 0.3) is 0 Å². The first-order valence-corrected chi connectivity index (χ1v) is 5.64. The van der Waals surface area contributed by atoms with E-state index in [9.17, 15) is 4.79 Å². The lowest BCUT2D eigenvalue weighted by molar-refractivity contribution is 0.0696. The molecule has 0 spiro atoms. The summed E-state index contributed by atoms with van der Waals surface area (Å²) in [6, 6.07) is 5.01. The van der Waals surface area contributed by atoms with Gasteiger partial charge in [-0.05, 0) is 25.0 Å². The highest BCUT2D eigenvalue weighted by atomic mass is 16.5. The molecule has 0 radical (unpaired) electrons. The van der Waals surface area contributed by atoms with Crippen LogP contribution in [-0.4, -0.2) is 30.3 Å². The molecule has 0 amide bonds. The molecule has 1 unspecified atom stereocenters. The Kier molecular flexibility index (Phi) is 3.49. The van der Waals surface area contributed by atoms with E-state index in [0.717, 1.165) is 19.4 Å². The number of rotatable bonds is 3. The smallest absolute Gasteiger partial charge is 0.337 e. The summed E-state index contributed by atoms with van der Waals surface area (Å²) in [5, 5.41) is 12.3. The Labute approximate surface area is 99.6 Å². The lowest BCUT2D eigenvalue weighted by Gasteiger charge is -2.25. The van der Waals surface area contributed by atoms with Gasteiger partial charge < -0.3 is 20.9 Å². The Morgan fingerprint density at radius 1 is 1.53 bits per heavy atom. The maximum Gasteiger partial charge on any atom is 0.337 e. The summed E-state index contributed by atoms with van der Waals surface area (Å²) < 4.78 is 5.34. The van der Waals surface area contributed by atoms with Crippen LogP contribution in [0, 0.1) is 0 Å². The van der Waals surface area contributed by atoms with Gasteiger partial charge in [-0.15, -0.1) is 0 Å². The summed E-state index contributed by atoms with van der Waals surface area (Å²) in [5.41, 5.74) is 6.96. The fourth-order valence-electron chi connectivity index (χ4n) is 1.97. The molecule has 1 aliphatic heterocycles. The van der Waals surface area contributed by atoms with Crippen LogP contribution in [0.1, 0.15) is 23.2 Å². The minimum absolute atomic E-state index is 0.131. The molecule has 1 aromatic rings. The van der Waals surface area contributed by atoms with E-state index in [2.05, 4.69) is 5.32 Å². The molecular formula is C12H16N2O3. The summed E-state index contributed by atoms with van der Waals surface area (Å²) in [4.78, 5) is 11.1. The first-order chi connectivity index (χ1) is 8.18. The normalized spacial score (nSPS) is 19.9. The molecule has 1 aromatic carbocycles. The zero-order chi connectivity index (χ0) is 12.3. The highest BCUT2D eigenvalue weighted by Crippen LogP contribution is 2.25. The average Bonchev–Trinajstić information content (AvgIpc) is 2.33. The van der Waals surface area contributed by atoms with Gasteiger partial charge in [0.2, 0.25) is 0 Å². The molecule has 4 N–H and O–H groups in total. The van der Waals surface area contributed by atoms with Crippen LogP contribution < -0.4 is 11.1 Å². The molecule has 92 valence electrons. The van der Waals surface area contributed by atoms with Crippen molar-refractivity contribution in [3.63, 3.8) is 0 Å². The van der Waals surface area contributed by atoms with E-state index in [1.807, 2.05) is 0 Å². The molecule has 0 aliphatic carbocycles. The van der Waals surface area contributed by atoms with Gasteiger partial charge in [-0.25, -0.2) is 4.79 Å². The second-order valence-corrected chi connectivity index (χ2v) is 4.13. The highest BCUT2D eigenvalue weighted by Gasteiger charge is 2.18. The van der Waals surface area contributed by atoms with Gasteiger partial charge in [-0.2, -0.15) is 0 Å². The predicted octanol–water partition coefficient (Wildman–Crippen LogP) is 1.56. The fraction of sp³-hybridized carbons (Fsp3) is 0.417. The van der Waals surface area contributed by atoms with Gasteiger partial charge in [-0.1, -0.05) is 6.07 Å². The molecule has 1 saturated heterocycles. The second kappa shape index (κ2) is 5.05. The molecule has 1 fully saturated rings. The molecule has 17 heavy (non-hydrogen) atoms. The van der Waals surface area contributed by atoms with Crippen LogP contribution in [0.4, 0.5) is 11.4 Å². The minimum atomic E-state index is -0.975. The fourth-order valence-corrected chi connectivity index (χ4v) is 1.97. The molecular weight excluding hydrogens is 220 g/mol. The largest absolute Gasteiger partial charge is 0.478 e. The second-order valence-electron chi connectivity index (χ2n) is 4.13. The molecule has 5 heteroatoms. The first-order valence-electron chi connectivity index (χ1n) is 5.64. The molecule has 1 heterocycles. The van der Waals surface area contributed by atoms with Gasteiger partial charge in [0.15, 0.2) is 0 Å². The number of para-hydroxylation sites is 1. The number of nitrogen functional groups attached to an aromatic ring is 1. The lowest BCUT2D eigenvalue weighted by atomic mass is 10.1. The Bertz CT molecular complexity index is 414. The van der Waals surface area contributed by atoms with E-state index in [0.29, 0.717) is 18.0 Å². The van der Waals surface area contributed by atoms with Crippen molar-refractivity contribution < 1.29 is 14.6 Å². The third kappa shape index (κ3) is 2.68. The molecule has 1 aliphatic rings. The van der Waals surface area contributed by atoms with Crippen LogP contribution in [0.15, 0.2) is 18.2 Å². The Morgan fingerprint density at radius 2 is 2.35 bits per heavy atom. The zero-order valence-corrected chi connectivity index (χ0v) is 9.48. The number of hydrogen-bond acceptors (Lipinski definition) is 4. The van der Waals surface area contributed by atoms with E-state index < -0.39 is 5.97 Å². The number of carbonyl (C=O) groups is 1. The number of hydrogen-bond donors (Lipinski definition) is 3. The highest BCUT2D eigenvalue weighted by molar-refractivity contribution is 5.97. The van der Waals surface area contributed by atoms with E-state index in [-0.39, 0.29) is 11.6 Å². The molecule has 0 aromatic heterocycles. The van der Waals surface area contributed by atoms with Crippen molar-refractivity contribution in [2.45, 2.75) is 18.9 Å². The molecule has 1 atom stereocenters. The van der Waals surface area contributed by atoms with Gasteiger partial charge in [-0.3, -0.25) is 0 Å². The van der Waals surface area contributed by atoms with Crippen molar-refractivity contribution in [2.75, 3.05) is 24.3 Å². The maximum absolute atomic E-state index is 11.1. The number of aromatic carboxylic acids is 1. The monoisotopic (exact) mass is 236 g/mol. The number of nitrogens with one attached hydrogen (secondary N) is 1. The van der Waals surface area contributed by atoms with Crippen LogP contribution in [0.3, 0.4) is 0 Å². The van der Waals surface area contributed by atoms with Gasteiger partial charge in [0.05, 0.1) is 23.5 Å². The van der Waals surface area contributed by atoms with E-state index in [4.69, 9.17) is 15.6 Å². The first kappa shape index (κ1) is 11.7. The Hall–Kier alpha value is -1.75. The Morgan fingerprint density at radius 3 is 3.00 bits per heavy atom. The van der Waals surface area contributed by atoms with E-state index >= 15 is 0 Å². The predicted molar refractivity (Wildman–Crippen MR) is 65.3 cm³/mol. The summed E-state index contributed by atoms with van der Waals surface area (Å²) in [5.74, 6) is -0.975. The third-order valence-corrected chi connectivity index (χ3v) is 2.84. The van der Waals surface area contributed by atoms with Crippen molar-refractivity contribution in [3.05, 3.63) is 23.8 Å². The van der Waals surface area contributed by atoms with Crippen molar-refractivity contribution in [1.82, 2.24) is 0 Å². The summed E-state index contributed by atoms with van der Waals surface area (Å²) >= 11 is 0. The summed E-state index contributed by atoms with van der Waals surface area (Å²) in [7, 11) is 0. The molecule has 2 rings (SSSR count). The third-order valence-electron chi connectivity index (χ3n) is 2.84. The topological polar surface area (TPSA) is 84.6 Å². The minimum Gasteiger partial charge on any atom is -0.478 e. The van der Waals surface area contributed by atoms with Gasteiger partial charge in [0.1, 0.15) is 0 Å². The molecule has 0 saturated carbocycles. The number of carboxylic acid groups (broad SMARTS) is 1.